The number of aliphatic hydroxyl groups is 1. The maximum absolute atomic E-state index is 10.8. The van der Waals surface area contributed by atoms with Crippen LogP contribution in [0.2, 0.25) is 36.3 Å². The number of aryl methyl sites for hydroxylation is 1. The van der Waals surface area contributed by atoms with Crippen LogP contribution in [0.3, 0.4) is 0 Å². The van der Waals surface area contributed by atoms with Crippen molar-refractivity contribution in [3.05, 3.63) is 51.5 Å². The second-order valence-corrected chi connectivity index (χ2v) is 29.2. The first kappa shape index (κ1) is 39.0. The van der Waals surface area contributed by atoms with Gasteiger partial charge in [-0.3, -0.25) is 0 Å². The van der Waals surface area contributed by atoms with Crippen LogP contribution in [0.5, 0.6) is 0 Å². The molecule has 3 fully saturated rings. The molecule has 3 aliphatic carbocycles. The van der Waals surface area contributed by atoms with Crippen molar-refractivity contribution in [1.29, 1.82) is 0 Å². The number of thiazole rings is 1. The average molecular weight is 700 g/mol. The average Bonchev–Trinajstić information content (AvgIpc) is 3.54. The Hall–Kier alpha value is -0.836. The first-order chi connectivity index (χ1) is 21.6. The Morgan fingerprint density at radius 2 is 1.68 bits per heavy atom. The van der Waals surface area contributed by atoms with E-state index in [0.717, 1.165) is 36.4 Å². The molecule has 1 heterocycles. The Kier molecular flexibility index (Phi) is 12.0. The van der Waals surface area contributed by atoms with Gasteiger partial charge in [0.05, 0.1) is 12.2 Å². The zero-order valence-corrected chi connectivity index (χ0v) is 35.2. The number of allylic oxidation sites excluding steroid dienone is 3. The van der Waals surface area contributed by atoms with Gasteiger partial charge in [-0.15, -0.1) is 11.3 Å². The van der Waals surface area contributed by atoms with E-state index in [0.29, 0.717) is 23.2 Å². The van der Waals surface area contributed by atoms with Gasteiger partial charge in [0.2, 0.25) is 0 Å². The number of aliphatic hydroxyl groups excluding tert-OH is 1. The minimum absolute atomic E-state index is 0.0148. The van der Waals surface area contributed by atoms with Crippen molar-refractivity contribution in [1.82, 2.24) is 4.98 Å². The standard InChI is InChI=1S/C40H69NO3SSi2/c1-27(17-22-35(42)37-41-28(2)26-45-37)33-20-21-34-30(16-15-23-40(33,34)10)18-19-31-24-32(43-46(11,12)38(4,5)6)25-36(29(31)3)44-47(13,14)39(7,8)9/h18-19,26-27,32-36,42H,3,15-17,20-25H2,1-2,4-14H3/t27-,32-,33-,34+,35?,36+,40-/m1/s1. The SMILES string of the molecule is C=C1C(=CC=C2CCC[C@]3(C)[C@@H]([C@H](C)CCC(O)c4nc(C)cs4)CC[C@@H]23)C[C@@H](O[Si](C)(C)C(C)(C)C)C[C@@H]1O[Si](C)(C)C(C)(C)C. The fraction of sp³-hybridized carbons (Fsp3) is 0.775. The zero-order chi connectivity index (χ0) is 35.2. The van der Waals surface area contributed by atoms with E-state index in [1.165, 1.54) is 43.3 Å². The first-order valence-corrected chi connectivity index (χ1v) is 25.3. The van der Waals surface area contributed by atoms with Crippen LogP contribution in [0.4, 0.5) is 0 Å². The Morgan fingerprint density at radius 1 is 1.04 bits per heavy atom. The quantitative estimate of drug-likeness (QED) is 0.247. The van der Waals surface area contributed by atoms with Crippen LogP contribution in [0.15, 0.2) is 40.8 Å². The Bertz CT molecular complexity index is 1320. The third-order valence-electron chi connectivity index (χ3n) is 13.3. The summed E-state index contributed by atoms with van der Waals surface area (Å²) in [5.41, 5.74) is 5.48. The van der Waals surface area contributed by atoms with E-state index >= 15 is 0 Å². The van der Waals surface area contributed by atoms with E-state index in [4.69, 9.17) is 15.4 Å². The van der Waals surface area contributed by atoms with Crippen molar-refractivity contribution >= 4 is 28.0 Å². The summed E-state index contributed by atoms with van der Waals surface area (Å²) < 4.78 is 14.2. The van der Waals surface area contributed by atoms with Gasteiger partial charge in [-0.25, -0.2) is 4.98 Å². The number of nitrogens with zero attached hydrogens (tertiary/aromatic N) is 1. The molecule has 0 aromatic carbocycles. The molecule has 47 heavy (non-hydrogen) atoms. The Morgan fingerprint density at radius 3 is 2.28 bits per heavy atom. The molecule has 4 rings (SSSR count). The van der Waals surface area contributed by atoms with E-state index < -0.39 is 22.7 Å². The summed E-state index contributed by atoms with van der Waals surface area (Å²) in [4.78, 5) is 4.54. The van der Waals surface area contributed by atoms with E-state index in [-0.39, 0.29) is 22.3 Å². The van der Waals surface area contributed by atoms with Gasteiger partial charge in [-0.2, -0.15) is 0 Å². The van der Waals surface area contributed by atoms with Crippen LogP contribution in [0.25, 0.3) is 0 Å². The predicted octanol–water partition coefficient (Wildman–Crippen LogP) is 12.1. The summed E-state index contributed by atoms with van der Waals surface area (Å²) in [5.74, 6) is 1.93. The molecule has 0 radical (unpaired) electrons. The second-order valence-electron chi connectivity index (χ2n) is 18.8. The van der Waals surface area contributed by atoms with Gasteiger partial charge in [-0.1, -0.05) is 79.7 Å². The molecule has 1 aromatic heterocycles. The largest absolute Gasteiger partial charge is 0.413 e. The van der Waals surface area contributed by atoms with Gasteiger partial charge >= 0.3 is 0 Å². The van der Waals surface area contributed by atoms with E-state index in [2.05, 4.69) is 98.7 Å². The van der Waals surface area contributed by atoms with Crippen molar-refractivity contribution in [2.45, 2.75) is 175 Å². The smallest absolute Gasteiger partial charge is 0.192 e. The molecule has 0 amide bonds. The molecule has 1 N–H and O–H groups in total. The number of hydrogen-bond acceptors (Lipinski definition) is 5. The van der Waals surface area contributed by atoms with Gasteiger partial charge < -0.3 is 14.0 Å². The molecule has 3 aliphatic rings. The minimum atomic E-state index is -1.99. The lowest BCUT2D eigenvalue weighted by Gasteiger charge is -2.46. The minimum Gasteiger partial charge on any atom is -0.413 e. The van der Waals surface area contributed by atoms with E-state index in [1.807, 2.05) is 12.3 Å². The molecule has 7 heteroatoms. The highest BCUT2D eigenvalue weighted by Gasteiger charge is 2.51. The molecule has 1 aromatic rings. The molecular weight excluding hydrogens is 631 g/mol. The lowest BCUT2D eigenvalue weighted by molar-refractivity contribution is 0.0824. The number of hydrogen-bond donors (Lipinski definition) is 1. The van der Waals surface area contributed by atoms with Crippen molar-refractivity contribution in [3.63, 3.8) is 0 Å². The highest BCUT2D eigenvalue weighted by molar-refractivity contribution is 7.09. The van der Waals surface area contributed by atoms with E-state index in [9.17, 15) is 5.11 Å². The molecule has 0 bridgehead atoms. The van der Waals surface area contributed by atoms with Crippen LogP contribution in [-0.2, 0) is 8.85 Å². The van der Waals surface area contributed by atoms with Gasteiger partial charge in [0.15, 0.2) is 16.6 Å². The molecule has 4 nitrogen and oxygen atoms in total. The molecule has 0 saturated heterocycles. The van der Waals surface area contributed by atoms with Crippen LogP contribution < -0.4 is 0 Å². The van der Waals surface area contributed by atoms with Gasteiger partial charge in [0.1, 0.15) is 11.1 Å². The monoisotopic (exact) mass is 699 g/mol. The number of fused-ring (bicyclic) bond motifs is 1. The molecule has 7 atom stereocenters. The molecule has 1 unspecified atom stereocenters. The first-order valence-electron chi connectivity index (χ1n) is 18.6. The summed E-state index contributed by atoms with van der Waals surface area (Å²) in [7, 11) is -3.93. The number of rotatable bonds is 10. The highest BCUT2D eigenvalue weighted by atomic mass is 32.1. The molecular formula is C40H69NO3SSi2. The van der Waals surface area contributed by atoms with Crippen molar-refractivity contribution in [3.8, 4) is 0 Å². The lowest BCUT2D eigenvalue weighted by Crippen LogP contribution is -2.49. The highest BCUT2D eigenvalue weighted by Crippen LogP contribution is 2.60. The van der Waals surface area contributed by atoms with Crippen LogP contribution in [0.1, 0.15) is 130 Å². The molecule has 0 spiro atoms. The maximum Gasteiger partial charge on any atom is 0.192 e. The lowest BCUT2D eigenvalue weighted by atomic mass is 9.60. The molecule has 266 valence electrons. The maximum atomic E-state index is 10.8. The Labute approximate surface area is 295 Å². The zero-order valence-electron chi connectivity index (χ0n) is 32.4. The number of aromatic nitrogens is 1. The van der Waals surface area contributed by atoms with E-state index in [1.54, 1.807) is 16.9 Å². The van der Waals surface area contributed by atoms with Crippen LogP contribution in [0, 0.1) is 30.1 Å². The van der Waals surface area contributed by atoms with Gasteiger partial charge in [0.25, 0.3) is 0 Å². The van der Waals surface area contributed by atoms with Crippen molar-refractivity contribution < 1.29 is 14.0 Å². The summed E-state index contributed by atoms with van der Waals surface area (Å²) in [5, 5.41) is 14.1. The third kappa shape index (κ3) is 8.73. The fourth-order valence-electron chi connectivity index (χ4n) is 8.25. The fourth-order valence-corrected chi connectivity index (χ4v) is 11.7. The summed E-state index contributed by atoms with van der Waals surface area (Å²) >= 11 is 1.59. The van der Waals surface area contributed by atoms with Gasteiger partial charge in [0, 0.05) is 17.5 Å². The van der Waals surface area contributed by atoms with Crippen LogP contribution in [-0.4, -0.2) is 38.9 Å². The summed E-state index contributed by atoms with van der Waals surface area (Å²) in [6.45, 7) is 35.2. The van der Waals surface area contributed by atoms with Crippen LogP contribution >= 0.6 is 11.3 Å². The Balaban J connectivity index is 1.54. The van der Waals surface area contributed by atoms with Gasteiger partial charge in [-0.05, 0) is 129 Å². The van der Waals surface area contributed by atoms with Crippen molar-refractivity contribution in [2.75, 3.05) is 0 Å². The third-order valence-corrected chi connectivity index (χ3v) is 23.4. The summed E-state index contributed by atoms with van der Waals surface area (Å²) in [6, 6.07) is 0. The van der Waals surface area contributed by atoms with Crippen molar-refractivity contribution in [2.24, 2.45) is 23.2 Å². The topological polar surface area (TPSA) is 51.6 Å². The second kappa shape index (κ2) is 14.4. The predicted molar refractivity (Wildman–Crippen MR) is 207 cm³/mol. The summed E-state index contributed by atoms with van der Waals surface area (Å²) in [6.07, 6.45) is 14.7. The normalized spacial score (nSPS) is 31.0. The molecule has 0 aliphatic heterocycles. The molecule has 3 saturated carbocycles.